The number of nitrogens with zero attached hydrogens (tertiary/aromatic N) is 1. The van der Waals surface area contributed by atoms with E-state index in [1.54, 1.807) is 10.5 Å². The maximum absolute atomic E-state index is 12.0. The molecule has 0 saturated heterocycles. The number of carbonyl (C=O) groups is 1. The van der Waals surface area contributed by atoms with E-state index >= 15 is 0 Å². The molecule has 4 rings (SSSR count). The van der Waals surface area contributed by atoms with Crippen LogP contribution >= 0.6 is 0 Å². The average molecular weight is 458 g/mol. The zero-order chi connectivity index (χ0) is 24.0. The molecule has 0 aromatic carbocycles. The van der Waals surface area contributed by atoms with Crippen molar-refractivity contribution in [1.82, 2.24) is 4.90 Å². The Bertz CT molecular complexity index is 744. The van der Waals surface area contributed by atoms with Gasteiger partial charge in [-0.1, -0.05) is 58.6 Å². The normalized spacial score (nSPS) is 41.9. The lowest BCUT2D eigenvalue weighted by Gasteiger charge is -2.58. The van der Waals surface area contributed by atoms with Crippen LogP contribution < -0.4 is 0 Å². The predicted octanol–water partition coefficient (Wildman–Crippen LogP) is 6.85. The molecule has 0 bridgehead atoms. The highest BCUT2D eigenvalue weighted by atomic mass is 16.3. The van der Waals surface area contributed by atoms with Crippen LogP contribution in [0.2, 0.25) is 0 Å². The van der Waals surface area contributed by atoms with Gasteiger partial charge in [0, 0.05) is 20.5 Å². The van der Waals surface area contributed by atoms with Gasteiger partial charge in [-0.25, -0.2) is 0 Å². The van der Waals surface area contributed by atoms with Gasteiger partial charge >= 0.3 is 0 Å². The van der Waals surface area contributed by atoms with Crippen LogP contribution in [0.5, 0.6) is 0 Å². The van der Waals surface area contributed by atoms with Crippen molar-refractivity contribution in [1.29, 1.82) is 0 Å². The summed E-state index contributed by atoms with van der Waals surface area (Å²) < 4.78 is 0. The van der Waals surface area contributed by atoms with Crippen LogP contribution in [-0.4, -0.2) is 36.1 Å². The number of hydrogen-bond acceptors (Lipinski definition) is 2. The Morgan fingerprint density at radius 2 is 1.85 bits per heavy atom. The van der Waals surface area contributed by atoms with E-state index in [0.717, 1.165) is 42.4 Å². The fourth-order valence-corrected chi connectivity index (χ4v) is 9.19. The summed E-state index contributed by atoms with van der Waals surface area (Å²) in [5.74, 6) is 5.02. The van der Waals surface area contributed by atoms with Crippen molar-refractivity contribution in [2.24, 2.45) is 46.3 Å². The van der Waals surface area contributed by atoms with Gasteiger partial charge in [0.2, 0.25) is 5.91 Å². The summed E-state index contributed by atoms with van der Waals surface area (Å²) in [6.07, 6.45) is 17.0. The molecule has 2 unspecified atom stereocenters. The third kappa shape index (κ3) is 4.69. The maximum atomic E-state index is 12.0. The van der Waals surface area contributed by atoms with Crippen molar-refractivity contribution in [3.05, 3.63) is 11.6 Å². The lowest BCUT2D eigenvalue weighted by Crippen LogP contribution is -2.50. The second-order valence-corrected chi connectivity index (χ2v) is 13.4. The lowest BCUT2D eigenvalue weighted by molar-refractivity contribution is -0.129. The summed E-state index contributed by atoms with van der Waals surface area (Å²) in [5, 5.41) is 10.3. The number of hydrogen-bond donors (Lipinski definition) is 1. The van der Waals surface area contributed by atoms with Crippen LogP contribution in [0.1, 0.15) is 105 Å². The topological polar surface area (TPSA) is 40.5 Å². The highest BCUT2D eigenvalue weighted by Crippen LogP contribution is 2.67. The molecule has 0 spiro atoms. The molecule has 3 saturated carbocycles. The maximum Gasteiger partial charge on any atom is 0.222 e. The molecule has 9 atom stereocenters. The monoisotopic (exact) mass is 457 g/mol. The highest BCUT2D eigenvalue weighted by molar-refractivity contribution is 5.75. The van der Waals surface area contributed by atoms with E-state index in [9.17, 15) is 9.90 Å². The second-order valence-electron chi connectivity index (χ2n) is 13.4. The van der Waals surface area contributed by atoms with Gasteiger partial charge in [0.15, 0.2) is 0 Å². The van der Waals surface area contributed by atoms with Crippen molar-refractivity contribution >= 4 is 5.91 Å². The van der Waals surface area contributed by atoms with Crippen LogP contribution in [0.15, 0.2) is 11.6 Å². The molecular formula is C30H51NO2. The van der Waals surface area contributed by atoms with Gasteiger partial charge in [0.25, 0.3) is 0 Å². The third-order valence-electron chi connectivity index (χ3n) is 11.2. The van der Waals surface area contributed by atoms with Crippen molar-refractivity contribution < 1.29 is 9.90 Å². The van der Waals surface area contributed by atoms with Gasteiger partial charge in [-0.2, -0.15) is 0 Å². The molecule has 0 aromatic heterocycles. The molecule has 0 aliphatic heterocycles. The van der Waals surface area contributed by atoms with E-state index in [-0.39, 0.29) is 12.0 Å². The summed E-state index contributed by atoms with van der Waals surface area (Å²) in [6, 6.07) is 0. The number of aliphatic hydroxyl groups is 1. The van der Waals surface area contributed by atoms with Gasteiger partial charge in [-0.15, -0.1) is 0 Å². The minimum absolute atomic E-state index is 0.102. The Hall–Kier alpha value is -0.830. The molecule has 33 heavy (non-hydrogen) atoms. The summed E-state index contributed by atoms with van der Waals surface area (Å²) in [4.78, 5) is 13.7. The van der Waals surface area contributed by atoms with Crippen LogP contribution in [0, 0.1) is 46.3 Å². The minimum Gasteiger partial charge on any atom is -0.393 e. The largest absolute Gasteiger partial charge is 0.393 e. The van der Waals surface area contributed by atoms with Crippen LogP contribution in [0.4, 0.5) is 0 Å². The lowest BCUT2D eigenvalue weighted by atomic mass is 9.47. The molecule has 1 N–H and O–H groups in total. The second kappa shape index (κ2) is 9.67. The van der Waals surface area contributed by atoms with Crippen molar-refractivity contribution in [3.63, 3.8) is 0 Å². The van der Waals surface area contributed by atoms with E-state index in [0.29, 0.717) is 23.2 Å². The molecule has 0 aromatic rings. The summed E-state index contributed by atoms with van der Waals surface area (Å²) in [5.41, 5.74) is 2.46. The fourth-order valence-electron chi connectivity index (χ4n) is 9.19. The van der Waals surface area contributed by atoms with E-state index in [1.807, 2.05) is 14.1 Å². The number of amides is 1. The quantitative estimate of drug-likeness (QED) is 0.425. The zero-order valence-corrected chi connectivity index (χ0v) is 22.4. The molecule has 188 valence electrons. The Kier molecular flexibility index (Phi) is 7.40. The van der Waals surface area contributed by atoms with E-state index in [4.69, 9.17) is 0 Å². The average Bonchev–Trinajstić information content (AvgIpc) is 3.11. The first-order valence-corrected chi connectivity index (χ1v) is 14.1. The van der Waals surface area contributed by atoms with E-state index in [2.05, 4.69) is 33.8 Å². The molecule has 0 heterocycles. The highest BCUT2D eigenvalue weighted by Gasteiger charge is 2.59. The molecule has 3 nitrogen and oxygen atoms in total. The van der Waals surface area contributed by atoms with Crippen LogP contribution in [-0.2, 0) is 4.79 Å². The standard InChI is InChI=1S/C30H51NO2/c1-20(18-28(33)31(5)6)8-7-9-21(2)25-12-13-26-24-11-10-22-19-23(32)14-16-29(22,3)27(24)15-17-30(25,26)4/h10,20-21,23-27,32H,7-9,11-19H2,1-6H3/t20?,21?,23-,24-,25+,26-,27-,29-,30+/m0/s1. The SMILES string of the molecule is CC(CCCC(C)[C@H]1CC[C@H]2[C@@H]3CC=C4C[C@@H](O)CC[C@]4(C)[C@H]3CC[C@]12C)CC(=O)N(C)C. The molecule has 4 aliphatic rings. The van der Waals surface area contributed by atoms with Gasteiger partial charge in [-0.3, -0.25) is 4.79 Å². The first-order valence-electron chi connectivity index (χ1n) is 14.1. The number of aliphatic hydroxyl groups excluding tert-OH is 1. The van der Waals surface area contributed by atoms with Gasteiger partial charge in [-0.05, 0) is 97.7 Å². The number of carbonyl (C=O) groups excluding carboxylic acids is 1. The number of fused-ring (bicyclic) bond motifs is 5. The first-order chi connectivity index (χ1) is 15.6. The van der Waals surface area contributed by atoms with Gasteiger partial charge in [0.05, 0.1) is 6.10 Å². The smallest absolute Gasteiger partial charge is 0.222 e. The van der Waals surface area contributed by atoms with E-state index in [1.165, 1.54) is 57.8 Å². The first kappa shape index (κ1) is 25.3. The third-order valence-corrected chi connectivity index (χ3v) is 11.2. The Morgan fingerprint density at radius 1 is 1.09 bits per heavy atom. The molecule has 3 fully saturated rings. The Morgan fingerprint density at radius 3 is 2.58 bits per heavy atom. The van der Waals surface area contributed by atoms with Gasteiger partial charge < -0.3 is 10.0 Å². The summed E-state index contributed by atoms with van der Waals surface area (Å²) in [6.45, 7) is 9.98. The molecular weight excluding hydrogens is 406 g/mol. The molecule has 0 radical (unpaired) electrons. The zero-order valence-electron chi connectivity index (χ0n) is 22.4. The van der Waals surface area contributed by atoms with Crippen molar-refractivity contribution in [2.75, 3.05) is 14.1 Å². The fraction of sp³-hybridized carbons (Fsp3) is 0.900. The Labute approximate surface area is 203 Å². The van der Waals surface area contributed by atoms with Crippen LogP contribution in [0.3, 0.4) is 0 Å². The number of allylic oxidation sites excluding steroid dienone is 1. The van der Waals surface area contributed by atoms with E-state index < -0.39 is 0 Å². The molecule has 4 aliphatic carbocycles. The van der Waals surface area contributed by atoms with Crippen molar-refractivity contribution in [3.8, 4) is 0 Å². The molecule has 3 heteroatoms. The van der Waals surface area contributed by atoms with Crippen molar-refractivity contribution in [2.45, 2.75) is 111 Å². The van der Waals surface area contributed by atoms with Crippen LogP contribution in [0.25, 0.3) is 0 Å². The Balaban J connectivity index is 1.36. The molecule has 1 amide bonds. The van der Waals surface area contributed by atoms with Gasteiger partial charge in [0.1, 0.15) is 0 Å². The predicted molar refractivity (Wildman–Crippen MR) is 137 cm³/mol. The minimum atomic E-state index is -0.102. The summed E-state index contributed by atoms with van der Waals surface area (Å²) >= 11 is 0. The summed E-state index contributed by atoms with van der Waals surface area (Å²) in [7, 11) is 3.73. The number of rotatable bonds is 7.